The average molecular weight is 224 g/mol. The van der Waals surface area contributed by atoms with Crippen LogP contribution in [0.5, 0.6) is 0 Å². The van der Waals surface area contributed by atoms with Crippen molar-refractivity contribution in [1.29, 1.82) is 0 Å². The number of nitrogens with zero attached hydrogens (tertiary/aromatic N) is 1. The summed E-state index contributed by atoms with van der Waals surface area (Å²) in [6, 6.07) is 4.05. The van der Waals surface area contributed by atoms with Crippen LogP contribution in [0.25, 0.3) is 0 Å². The Hall–Kier alpha value is -0.630. The van der Waals surface area contributed by atoms with E-state index in [0.29, 0.717) is 5.92 Å². The number of allylic oxidation sites excluding steroid dienone is 1. The zero-order valence-corrected chi connectivity index (χ0v) is 8.34. The lowest BCUT2D eigenvalue weighted by molar-refractivity contribution is 0.538. The minimum atomic E-state index is 0.620. The maximum absolute atomic E-state index is 4.32. The lowest BCUT2D eigenvalue weighted by atomic mass is 9.79. The van der Waals surface area contributed by atoms with Crippen molar-refractivity contribution in [3.05, 3.63) is 40.6 Å². The number of pyridine rings is 1. The molecule has 1 fully saturated rings. The minimum absolute atomic E-state index is 0.620. The Morgan fingerprint density at radius 3 is 2.83 bits per heavy atom. The van der Waals surface area contributed by atoms with Gasteiger partial charge in [-0.3, -0.25) is 4.98 Å². The van der Waals surface area contributed by atoms with Gasteiger partial charge in [-0.15, -0.1) is 0 Å². The van der Waals surface area contributed by atoms with Crippen molar-refractivity contribution in [3.63, 3.8) is 0 Å². The molecular formula is C10H10BrN. The maximum atomic E-state index is 4.32. The topological polar surface area (TPSA) is 12.9 Å². The summed E-state index contributed by atoms with van der Waals surface area (Å²) in [5.41, 5.74) is 2.54. The van der Waals surface area contributed by atoms with Gasteiger partial charge in [0.05, 0.1) is 0 Å². The van der Waals surface area contributed by atoms with Crippen LogP contribution < -0.4 is 0 Å². The van der Waals surface area contributed by atoms with Gasteiger partial charge < -0.3 is 0 Å². The fourth-order valence-electron chi connectivity index (χ4n) is 1.49. The van der Waals surface area contributed by atoms with Crippen LogP contribution in [0.1, 0.15) is 24.5 Å². The molecule has 0 spiro atoms. The third kappa shape index (κ3) is 1.44. The van der Waals surface area contributed by atoms with Gasteiger partial charge in [0.1, 0.15) is 0 Å². The van der Waals surface area contributed by atoms with Crippen molar-refractivity contribution >= 4 is 15.9 Å². The Kier molecular flexibility index (Phi) is 2.01. The summed E-state index contributed by atoms with van der Waals surface area (Å²) in [7, 11) is 0. The van der Waals surface area contributed by atoms with Gasteiger partial charge in [0, 0.05) is 22.3 Å². The van der Waals surface area contributed by atoms with E-state index in [1.807, 2.05) is 12.3 Å². The van der Waals surface area contributed by atoms with Crippen molar-refractivity contribution in [2.24, 2.45) is 0 Å². The van der Waals surface area contributed by atoms with E-state index in [1.165, 1.54) is 11.3 Å². The molecule has 1 aliphatic carbocycles. The van der Waals surface area contributed by atoms with E-state index in [2.05, 4.69) is 33.6 Å². The first kappa shape index (κ1) is 7.99. The molecule has 1 heterocycles. The van der Waals surface area contributed by atoms with Gasteiger partial charge in [0.2, 0.25) is 0 Å². The normalized spacial score (nSPS) is 17.6. The fourth-order valence-corrected chi connectivity index (χ4v) is 1.84. The second-order valence-corrected chi connectivity index (χ2v) is 4.17. The van der Waals surface area contributed by atoms with E-state index in [4.69, 9.17) is 0 Å². The van der Waals surface area contributed by atoms with E-state index in [9.17, 15) is 0 Å². The molecule has 12 heavy (non-hydrogen) atoms. The second kappa shape index (κ2) is 3.02. The molecule has 1 aliphatic rings. The number of hydrogen-bond acceptors (Lipinski definition) is 1. The molecule has 0 atom stereocenters. The summed E-state index contributed by atoms with van der Waals surface area (Å²) < 4.78 is 1.12. The fraction of sp³-hybridized carbons (Fsp3) is 0.300. The molecule has 2 heteroatoms. The first-order valence-electron chi connectivity index (χ1n) is 4.04. The average Bonchev–Trinajstić information content (AvgIpc) is 1.99. The number of halogens is 1. The molecule has 0 radical (unpaired) electrons. The molecule has 1 saturated carbocycles. The standard InChI is InChI=1S/C10H10BrN/c1-7-4-8(5-7)10-6-9(11)2-3-12-10/h2-3,6,8H,1,4-5H2. The smallest absolute Gasteiger partial charge is 0.0452 e. The number of rotatable bonds is 1. The van der Waals surface area contributed by atoms with E-state index < -0.39 is 0 Å². The predicted octanol–water partition coefficient (Wildman–Crippen LogP) is 3.28. The molecular weight excluding hydrogens is 214 g/mol. The Morgan fingerprint density at radius 2 is 2.25 bits per heavy atom. The Labute approximate surface area is 80.6 Å². The van der Waals surface area contributed by atoms with E-state index in [-0.39, 0.29) is 0 Å². The van der Waals surface area contributed by atoms with Gasteiger partial charge >= 0.3 is 0 Å². The van der Waals surface area contributed by atoms with Crippen molar-refractivity contribution in [2.45, 2.75) is 18.8 Å². The highest BCUT2D eigenvalue weighted by molar-refractivity contribution is 9.10. The van der Waals surface area contributed by atoms with E-state index >= 15 is 0 Å². The van der Waals surface area contributed by atoms with E-state index in [0.717, 1.165) is 17.3 Å². The van der Waals surface area contributed by atoms with Crippen molar-refractivity contribution in [3.8, 4) is 0 Å². The lowest BCUT2D eigenvalue weighted by Crippen LogP contribution is -2.12. The van der Waals surface area contributed by atoms with Crippen LogP contribution in [0.3, 0.4) is 0 Å². The molecule has 2 rings (SSSR count). The largest absolute Gasteiger partial charge is 0.261 e. The Bertz CT molecular complexity index is 311. The van der Waals surface area contributed by atoms with Crippen molar-refractivity contribution < 1.29 is 0 Å². The highest BCUT2D eigenvalue weighted by Crippen LogP contribution is 2.39. The molecule has 1 nitrogen and oxygen atoms in total. The lowest BCUT2D eigenvalue weighted by Gasteiger charge is -2.27. The van der Waals surface area contributed by atoms with Crippen molar-refractivity contribution in [1.82, 2.24) is 4.98 Å². The molecule has 0 saturated heterocycles. The molecule has 0 aliphatic heterocycles. The Balaban J connectivity index is 2.18. The van der Waals surface area contributed by atoms with Crippen LogP contribution >= 0.6 is 15.9 Å². The molecule has 1 aromatic rings. The first-order chi connectivity index (χ1) is 5.75. The van der Waals surface area contributed by atoms with Crippen LogP contribution in [0, 0.1) is 0 Å². The number of aromatic nitrogens is 1. The summed E-state index contributed by atoms with van der Waals surface area (Å²) in [6.07, 6.45) is 4.08. The van der Waals surface area contributed by atoms with Crippen LogP contribution in [0.2, 0.25) is 0 Å². The van der Waals surface area contributed by atoms with Crippen LogP contribution in [0.15, 0.2) is 35.0 Å². The van der Waals surface area contributed by atoms with Gasteiger partial charge in [-0.2, -0.15) is 0 Å². The summed E-state index contributed by atoms with van der Waals surface area (Å²) in [5, 5.41) is 0. The van der Waals surface area contributed by atoms with Crippen LogP contribution in [-0.2, 0) is 0 Å². The first-order valence-corrected chi connectivity index (χ1v) is 4.83. The molecule has 0 aromatic carbocycles. The molecule has 62 valence electrons. The zero-order chi connectivity index (χ0) is 8.55. The molecule has 0 unspecified atom stereocenters. The molecule has 0 amide bonds. The molecule has 1 aromatic heterocycles. The minimum Gasteiger partial charge on any atom is -0.261 e. The van der Waals surface area contributed by atoms with Gasteiger partial charge in [-0.1, -0.05) is 28.1 Å². The van der Waals surface area contributed by atoms with E-state index in [1.54, 1.807) is 0 Å². The van der Waals surface area contributed by atoms with Gasteiger partial charge in [0.25, 0.3) is 0 Å². The third-order valence-electron chi connectivity index (χ3n) is 2.23. The quantitative estimate of drug-likeness (QED) is 0.667. The Morgan fingerprint density at radius 1 is 1.50 bits per heavy atom. The molecule has 0 N–H and O–H groups in total. The third-order valence-corrected chi connectivity index (χ3v) is 2.72. The van der Waals surface area contributed by atoms with Gasteiger partial charge in [0.15, 0.2) is 0 Å². The van der Waals surface area contributed by atoms with Crippen LogP contribution in [0.4, 0.5) is 0 Å². The van der Waals surface area contributed by atoms with Crippen LogP contribution in [-0.4, -0.2) is 4.98 Å². The zero-order valence-electron chi connectivity index (χ0n) is 6.76. The number of hydrogen-bond donors (Lipinski definition) is 0. The van der Waals surface area contributed by atoms with Crippen molar-refractivity contribution in [2.75, 3.05) is 0 Å². The predicted molar refractivity (Wildman–Crippen MR) is 53.1 cm³/mol. The highest BCUT2D eigenvalue weighted by Gasteiger charge is 2.23. The van der Waals surface area contributed by atoms with Gasteiger partial charge in [-0.05, 0) is 25.0 Å². The highest BCUT2D eigenvalue weighted by atomic mass is 79.9. The summed E-state index contributed by atoms with van der Waals surface area (Å²) in [6.45, 7) is 3.92. The summed E-state index contributed by atoms with van der Waals surface area (Å²) >= 11 is 3.44. The summed E-state index contributed by atoms with van der Waals surface area (Å²) in [5.74, 6) is 0.620. The maximum Gasteiger partial charge on any atom is 0.0452 e. The van der Waals surface area contributed by atoms with Gasteiger partial charge in [-0.25, -0.2) is 0 Å². The summed E-state index contributed by atoms with van der Waals surface area (Å²) in [4.78, 5) is 4.32. The SMILES string of the molecule is C=C1CC(c2cc(Br)ccn2)C1. The monoisotopic (exact) mass is 223 g/mol. The molecule has 0 bridgehead atoms. The second-order valence-electron chi connectivity index (χ2n) is 3.25.